The average molecular weight is 316 g/mol. The highest BCUT2D eigenvalue weighted by atomic mass is 32.2. The minimum absolute atomic E-state index is 0.534. The Bertz CT molecular complexity index is 589. The molecule has 0 spiro atoms. The van der Waals surface area contributed by atoms with Crippen molar-refractivity contribution in [2.75, 3.05) is 24.9 Å². The van der Waals surface area contributed by atoms with E-state index in [0.29, 0.717) is 0 Å². The number of hydrogen-bond acceptors (Lipinski definition) is 5. The zero-order chi connectivity index (χ0) is 16.3. The van der Waals surface area contributed by atoms with E-state index < -0.39 is 27.6 Å². The molecule has 118 valence electrons. The zero-order valence-electron chi connectivity index (χ0n) is 13.0. The summed E-state index contributed by atoms with van der Waals surface area (Å²) in [6, 6.07) is 3.34. The number of anilines is 1. The Labute approximate surface area is 125 Å². The quantitative estimate of drug-likeness (QED) is 0.827. The standard InChI is InChI=1S/C13H21N3O4S/c1-13(2,3)20-12(17)14-10-21(18,19)16-8-6-11(7-9-16)15(4)5/h6-9H,10H2,1-5H3/p+1. The minimum atomic E-state index is -3.67. The molecule has 1 heterocycles. The number of nitrogens with zero attached hydrogens (tertiary/aromatic N) is 2. The van der Waals surface area contributed by atoms with Gasteiger partial charge in [-0.25, -0.2) is 4.79 Å². The Balaban J connectivity index is 2.71. The molecule has 0 radical (unpaired) electrons. The van der Waals surface area contributed by atoms with Gasteiger partial charge in [-0.1, -0.05) is 3.97 Å². The number of hydrogen-bond donors (Lipinski definition) is 1. The van der Waals surface area contributed by atoms with Gasteiger partial charge in [0.1, 0.15) is 5.60 Å². The molecule has 1 amide bonds. The van der Waals surface area contributed by atoms with Gasteiger partial charge in [0.05, 0.1) is 0 Å². The van der Waals surface area contributed by atoms with E-state index in [-0.39, 0.29) is 0 Å². The predicted molar refractivity (Wildman–Crippen MR) is 79.5 cm³/mol. The number of amides is 1. The zero-order valence-corrected chi connectivity index (χ0v) is 13.8. The fraction of sp³-hybridized carbons (Fsp3) is 0.538. The fourth-order valence-corrected chi connectivity index (χ4v) is 2.37. The van der Waals surface area contributed by atoms with Crippen molar-refractivity contribution in [3.05, 3.63) is 24.5 Å². The van der Waals surface area contributed by atoms with Gasteiger partial charge in [-0.05, 0) is 20.8 Å². The van der Waals surface area contributed by atoms with Crippen LogP contribution in [-0.4, -0.2) is 40.1 Å². The van der Waals surface area contributed by atoms with Crippen LogP contribution in [0, 0.1) is 0 Å². The summed E-state index contributed by atoms with van der Waals surface area (Å²) >= 11 is 0. The molecule has 0 aliphatic rings. The van der Waals surface area contributed by atoms with Gasteiger partial charge in [0.25, 0.3) is 0 Å². The largest absolute Gasteiger partial charge is 0.444 e. The molecule has 0 atom stereocenters. The third kappa shape index (κ3) is 5.58. The molecule has 0 fully saturated rings. The van der Waals surface area contributed by atoms with Crippen LogP contribution in [0.15, 0.2) is 24.5 Å². The number of alkyl carbamates (subject to hydrolysis) is 1. The van der Waals surface area contributed by atoms with Crippen molar-refractivity contribution < 1.29 is 21.9 Å². The van der Waals surface area contributed by atoms with Crippen molar-refractivity contribution in [2.45, 2.75) is 26.4 Å². The van der Waals surface area contributed by atoms with E-state index in [1.807, 2.05) is 19.0 Å². The highest BCUT2D eigenvalue weighted by molar-refractivity contribution is 7.84. The molecule has 0 aliphatic heterocycles. The van der Waals surface area contributed by atoms with E-state index >= 15 is 0 Å². The normalized spacial score (nSPS) is 11.9. The number of pyridine rings is 1. The molecule has 0 saturated carbocycles. The molecule has 7 nitrogen and oxygen atoms in total. The van der Waals surface area contributed by atoms with Crippen LogP contribution in [0.3, 0.4) is 0 Å². The number of nitrogens with one attached hydrogen (secondary N) is 1. The van der Waals surface area contributed by atoms with Crippen LogP contribution in [0.1, 0.15) is 20.8 Å². The third-order valence-electron chi connectivity index (χ3n) is 2.42. The Morgan fingerprint density at radius 3 is 2.24 bits per heavy atom. The van der Waals surface area contributed by atoms with Gasteiger partial charge in [0.2, 0.25) is 0 Å². The van der Waals surface area contributed by atoms with Gasteiger partial charge >= 0.3 is 16.1 Å². The lowest BCUT2D eigenvalue weighted by Crippen LogP contribution is -2.48. The van der Waals surface area contributed by atoms with Crippen molar-refractivity contribution in [3.63, 3.8) is 0 Å². The van der Waals surface area contributed by atoms with Crippen molar-refractivity contribution in [3.8, 4) is 0 Å². The first-order valence-corrected chi connectivity index (χ1v) is 8.01. The lowest BCUT2D eigenvalue weighted by molar-refractivity contribution is -0.511. The molecule has 0 aliphatic carbocycles. The molecule has 1 aromatic heterocycles. The molecular formula is C13H22N3O4S+. The first-order chi connectivity index (χ1) is 9.51. The third-order valence-corrected chi connectivity index (χ3v) is 3.81. The summed E-state index contributed by atoms with van der Waals surface area (Å²) in [4.78, 5) is 13.3. The Morgan fingerprint density at radius 1 is 1.29 bits per heavy atom. The van der Waals surface area contributed by atoms with E-state index in [2.05, 4.69) is 5.32 Å². The maximum Gasteiger partial charge on any atom is 0.408 e. The van der Waals surface area contributed by atoms with Gasteiger partial charge in [0, 0.05) is 31.9 Å². The average Bonchev–Trinajstić information content (AvgIpc) is 2.34. The number of ether oxygens (including phenoxy) is 1. The fourth-order valence-electron chi connectivity index (χ4n) is 1.43. The first-order valence-electron chi connectivity index (χ1n) is 6.40. The maximum atomic E-state index is 12.1. The van der Waals surface area contributed by atoms with E-state index in [1.54, 1.807) is 32.9 Å². The lowest BCUT2D eigenvalue weighted by Gasteiger charge is -2.19. The Morgan fingerprint density at radius 2 is 1.81 bits per heavy atom. The second-order valence-electron chi connectivity index (χ2n) is 5.72. The molecule has 8 heteroatoms. The van der Waals surface area contributed by atoms with Gasteiger partial charge in [-0.2, -0.15) is 8.42 Å². The van der Waals surface area contributed by atoms with Gasteiger partial charge in [0.15, 0.2) is 18.3 Å². The number of aromatic nitrogens is 1. The highest BCUT2D eigenvalue weighted by Gasteiger charge is 2.24. The SMILES string of the molecule is CN(C)c1cc[n+](S(=O)(=O)CNC(=O)OC(C)(C)C)cc1. The van der Waals surface area contributed by atoms with E-state index in [9.17, 15) is 13.2 Å². The topological polar surface area (TPSA) is 79.6 Å². The molecule has 0 aromatic carbocycles. The molecule has 0 saturated heterocycles. The van der Waals surface area contributed by atoms with Gasteiger partial charge in [-0.3, -0.25) is 0 Å². The molecule has 0 bridgehead atoms. The van der Waals surface area contributed by atoms with E-state index in [1.165, 1.54) is 12.4 Å². The highest BCUT2D eigenvalue weighted by Crippen LogP contribution is 2.07. The molecule has 0 unspecified atom stereocenters. The number of carbonyl (C=O) groups excluding carboxylic acids is 1. The summed E-state index contributed by atoms with van der Waals surface area (Å²) in [5, 5.41) is 2.23. The van der Waals surface area contributed by atoms with Crippen LogP contribution >= 0.6 is 0 Å². The predicted octanol–water partition coefficient (Wildman–Crippen LogP) is 0.700. The molecule has 21 heavy (non-hydrogen) atoms. The van der Waals surface area contributed by atoms with Crippen LogP contribution in [-0.2, 0) is 14.8 Å². The van der Waals surface area contributed by atoms with Gasteiger partial charge < -0.3 is 15.0 Å². The number of carbonyl (C=O) groups is 1. The second-order valence-corrected chi connectivity index (χ2v) is 7.59. The van der Waals surface area contributed by atoms with Crippen LogP contribution < -0.4 is 14.2 Å². The monoisotopic (exact) mass is 316 g/mol. The van der Waals surface area contributed by atoms with E-state index in [4.69, 9.17) is 4.74 Å². The molecule has 1 rings (SSSR count). The Kier molecular flexibility index (Phi) is 5.16. The number of rotatable bonds is 4. The maximum absolute atomic E-state index is 12.1. The summed E-state index contributed by atoms with van der Waals surface area (Å²) in [7, 11) is 0.0515. The molecule has 1 aromatic rings. The van der Waals surface area contributed by atoms with Gasteiger partial charge in [-0.15, -0.1) is 0 Å². The first kappa shape index (κ1) is 17.2. The smallest absolute Gasteiger partial charge is 0.408 e. The van der Waals surface area contributed by atoms with Crippen molar-refractivity contribution in [1.29, 1.82) is 0 Å². The van der Waals surface area contributed by atoms with Crippen molar-refractivity contribution in [1.82, 2.24) is 5.32 Å². The molecule has 1 N–H and O–H groups in total. The lowest BCUT2D eigenvalue weighted by atomic mass is 10.2. The summed E-state index contributed by atoms with van der Waals surface area (Å²) in [5.41, 5.74) is 0.204. The van der Waals surface area contributed by atoms with E-state index in [0.717, 1.165) is 9.66 Å². The molecular weight excluding hydrogens is 294 g/mol. The van der Waals surface area contributed by atoms with Crippen LogP contribution in [0.5, 0.6) is 0 Å². The van der Waals surface area contributed by atoms with Crippen molar-refractivity contribution >= 4 is 21.8 Å². The summed E-state index contributed by atoms with van der Waals surface area (Å²) in [6.07, 6.45) is 2.10. The summed E-state index contributed by atoms with van der Waals surface area (Å²) < 4.78 is 30.2. The van der Waals surface area contributed by atoms with Crippen LogP contribution in [0.2, 0.25) is 0 Å². The van der Waals surface area contributed by atoms with Crippen LogP contribution in [0.25, 0.3) is 0 Å². The van der Waals surface area contributed by atoms with Crippen molar-refractivity contribution in [2.24, 2.45) is 0 Å². The second kappa shape index (κ2) is 6.30. The minimum Gasteiger partial charge on any atom is -0.444 e. The van der Waals surface area contributed by atoms with Crippen LogP contribution in [0.4, 0.5) is 10.5 Å². The summed E-state index contributed by atoms with van der Waals surface area (Å²) in [5.74, 6) is -0.534. The summed E-state index contributed by atoms with van der Waals surface area (Å²) in [6.45, 7) is 5.11. The Hall–Kier alpha value is -1.83.